The minimum Gasteiger partial charge on any atom is -0.779 e. The van der Waals surface area contributed by atoms with Crippen molar-refractivity contribution in [2.75, 3.05) is 0 Å². The first-order chi connectivity index (χ1) is 20.2. The van der Waals surface area contributed by atoms with Gasteiger partial charge in [0.1, 0.15) is 11.6 Å². The average molecular weight is 778 g/mol. The van der Waals surface area contributed by atoms with Crippen LogP contribution < -0.4 is 0 Å². The minimum absolute atomic E-state index is 0. The summed E-state index contributed by atoms with van der Waals surface area (Å²) in [4.78, 5) is 12.2. The molecule has 0 saturated heterocycles. The zero-order valence-electron chi connectivity index (χ0n) is 24.3. The number of rotatable bonds is 2. The Morgan fingerprint density at radius 3 is 1.26 bits per heavy atom. The molecule has 2 aromatic heterocycles. The van der Waals surface area contributed by atoms with Crippen molar-refractivity contribution in [1.29, 1.82) is 0 Å². The van der Waals surface area contributed by atoms with Gasteiger partial charge in [0.2, 0.25) is 0 Å². The average Bonchev–Trinajstić information content (AvgIpc) is 3.64. The van der Waals surface area contributed by atoms with E-state index in [2.05, 4.69) is 110 Å². The van der Waals surface area contributed by atoms with E-state index in [1.807, 2.05) is 36.4 Å². The molecule has 216 valence electrons. The third kappa shape index (κ3) is 4.68. The van der Waals surface area contributed by atoms with Gasteiger partial charge in [0, 0.05) is 34.6 Å². The summed E-state index contributed by atoms with van der Waals surface area (Å²) >= 11 is 12.5. The van der Waals surface area contributed by atoms with Gasteiger partial charge in [-0.05, 0) is 35.4 Å². The molecule has 3 heterocycles. The van der Waals surface area contributed by atoms with Gasteiger partial charge in [-0.3, -0.25) is 9.13 Å². The summed E-state index contributed by atoms with van der Waals surface area (Å²) in [5, 5.41) is 0. The van der Waals surface area contributed by atoms with Crippen LogP contribution in [0.1, 0.15) is 50.2 Å². The Balaban J connectivity index is 0.00000329. The topological polar surface area (TPSA) is 35.6 Å². The summed E-state index contributed by atoms with van der Waals surface area (Å²) in [5.74, 6) is 1.64. The van der Waals surface area contributed by atoms with Crippen molar-refractivity contribution in [1.82, 2.24) is 19.1 Å². The molecule has 0 unspecified atom stereocenters. The molecule has 0 radical (unpaired) electrons. The second kappa shape index (κ2) is 10.9. The molecule has 1 aliphatic rings. The van der Waals surface area contributed by atoms with E-state index in [4.69, 9.17) is 35.2 Å². The van der Waals surface area contributed by atoms with Crippen LogP contribution in [0.2, 0.25) is 0 Å². The van der Waals surface area contributed by atoms with Gasteiger partial charge < -0.3 is 25.3 Å². The predicted molar refractivity (Wildman–Crippen MR) is 174 cm³/mol. The van der Waals surface area contributed by atoms with Crippen molar-refractivity contribution >= 4 is 25.3 Å². The molecule has 0 atom stereocenters. The third-order valence-corrected chi connectivity index (χ3v) is 9.50. The summed E-state index contributed by atoms with van der Waals surface area (Å²) in [6.07, 6.45) is 4.28. The van der Waals surface area contributed by atoms with E-state index in [0.29, 0.717) is 0 Å². The maximum atomic E-state index is 6.27. The largest absolute Gasteiger partial charge is 2.00 e. The van der Waals surface area contributed by atoms with E-state index in [1.165, 1.54) is 0 Å². The van der Waals surface area contributed by atoms with Crippen LogP contribution in [0.5, 0.6) is 0 Å². The standard InChI is InChI=1S/C36H32N4S2.Pt/c1-35(2)27-19-11-17-25(31(27)41)34-38-30(22-40(34)24-15-9-6-10-16-24)36(3,4)28-20-12-18-26(32(28)42)33-37-29(35)21-39(33)23-13-7-5-8-14-23;/h5-22,41-42H,1-4H3;/q;+2/p-2. The molecule has 8 bridgehead atoms. The van der Waals surface area contributed by atoms with E-state index in [-0.39, 0.29) is 21.1 Å². The monoisotopic (exact) mass is 777 g/mol. The molecule has 1 aliphatic heterocycles. The summed E-state index contributed by atoms with van der Waals surface area (Å²) in [5.41, 5.74) is 6.85. The van der Waals surface area contributed by atoms with Gasteiger partial charge in [-0.15, -0.1) is 0 Å². The smallest absolute Gasteiger partial charge is 0.779 e. The van der Waals surface area contributed by atoms with E-state index in [0.717, 1.165) is 66.5 Å². The third-order valence-electron chi connectivity index (χ3n) is 8.62. The summed E-state index contributed by atoms with van der Waals surface area (Å²) in [6, 6.07) is 33.2. The normalized spacial score (nSPS) is 14.4. The molecule has 4 aromatic carbocycles. The van der Waals surface area contributed by atoms with Gasteiger partial charge in [-0.1, -0.05) is 112 Å². The SMILES string of the molecule is CC1(C)c2cn(-c3ccccc3)c(n2)-c2cccc(c2[S-])C(C)(C)c2cn(-c3ccccc3)c(n2)-c2cccc1c2[S-].[Pt+2]. The second-order valence-electron chi connectivity index (χ2n) is 11.9. The molecule has 0 saturated carbocycles. The van der Waals surface area contributed by atoms with Crippen LogP contribution in [0.25, 0.3) is 34.2 Å². The molecular formula is C36H30N4PtS2. The van der Waals surface area contributed by atoms with Crippen molar-refractivity contribution in [2.45, 2.75) is 48.3 Å². The first kappa shape index (κ1) is 29.5. The molecule has 6 aromatic rings. The molecule has 7 heteroatoms. The minimum atomic E-state index is -0.489. The summed E-state index contributed by atoms with van der Waals surface area (Å²) in [7, 11) is 0. The zero-order chi connectivity index (χ0) is 29.2. The Kier molecular flexibility index (Phi) is 7.45. The zero-order valence-corrected chi connectivity index (χ0v) is 28.2. The molecule has 0 spiro atoms. The van der Waals surface area contributed by atoms with Crippen molar-refractivity contribution < 1.29 is 21.1 Å². The number of imidazole rings is 2. The maximum Gasteiger partial charge on any atom is 2.00 e. The van der Waals surface area contributed by atoms with Gasteiger partial charge in [-0.25, -0.2) is 9.97 Å². The Hall–Kier alpha value is -3.57. The van der Waals surface area contributed by atoms with E-state index >= 15 is 0 Å². The maximum absolute atomic E-state index is 6.27. The Labute approximate surface area is 278 Å². The van der Waals surface area contributed by atoms with Crippen LogP contribution in [0.4, 0.5) is 0 Å². The Morgan fingerprint density at radius 1 is 0.512 bits per heavy atom. The Morgan fingerprint density at radius 2 is 0.884 bits per heavy atom. The van der Waals surface area contributed by atoms with Gasteiger partial charge in [0.25, 0.3) is 0 Å². The van der Waals surface area contributed by atoms with E-state index < -0.39 is 10.8 Å². The molecule has 0 amide bonds. The fourth-order valence-electron chi connectivity index (χ4n) is 6.00. The fraction of sp³-hybridized carbons (Fsp3) is 0.167. The number of nitrogens with zero attached hydrogens (tertiary/aromatic N) is 4. The molecule has 0 aliphatic carbocycles. The number of hydrogen-bond donors (Lipinski definition) is 0. The van der Waals surface area contributed by atoms with Crippen LogP contribution in [0, 0.1) is 0 Å². The van der Waals surface area contributed by atoms with Gasteiger partial charge in [0.15, 0.2) is 0 Å². The van der Waals surface area contributed by atoms with Crippen molar-refractivity contribution in [3.8, 4) is 34.2 Å². The van der Waals surface area contributed by atoms with Crippen LogP contribution in [0.3, 0.4) is 0 Å². The second-order valence-corrected chi connectivity index (χ2v) is 12.7. The van der Waals surface area contributed by atoms with Gasteiger partial charge >= 0.3 is 21.1 Å². The Bertz CT molecular complexity index is 1810. The van der Waals surface area contributed by atoms with Crippen molar-refractivity contribution in [3.63, 3.8) is 0 Å². The van der Waals surface area contributed by atoms with Crippen molar-refractivity contribution in [2.24, 2.45) is 0 Å². The molecule has 7 rings (SSSR count). The molecule has 0 N–H and O–H groups in total. The number of benzene rings is 4. The molecule has 4 nitrogen and oxygen atoms in total. The van der Waals surface area contributed by atoms with E-state index in [9.17, 15) is 0 Å². The fourth-order valence-corrected chi connectivity index (χ4v) is 6.97. The van der Waals surface area contributed by atoms with Gasteiger partial charge in [0.05, 0.1) is 11.4 Å². The van der Waals surface area contributed by atoms with Crippen LogP contribution in [0.15, 0.2) is 119 Å². The predicted octanol–water partition coefficient (Wildman–Crippen LogP) is 8.17. The van der Waals surface area contributed by atoms with Crippen LogP contribution in [-0.2, 0) is 57.2 Å². The van der Waals surface area contributed by atoms with Crippen LogP contribution >= 0.6 is 0 Å². The van der Waals surface area contributed by atoms with E-state index in [1.54, 1.807) is 0 Å². The first-order valence-corrected chi connectivity index (χ1v) is 14.9. The summed E-state index contributed by atoms with van der Waals surface area (Å²) in [6.45, 7) is 8.77. The molecule has 0 fully saturated rings. The first-order valence-electron chi connectivity index (χ1n) is 14.1. The molecule has 43 heavy (non-hydrogen) atoms. The number of aromatic nitrogens is 4. The summed E-state index contributed by atoms with van der Waals surface area (Å²) < 4.78 is 4.32. The van der Waals surface area contributed by atoms with Crippen LogP contribution in [-0.4, -0.2) is 19.1 Å². The number of para-hydroxylation sites is 2. The quantitative estimate of drug-likeness (QED) is 0.166. The number of hydrogen-bond acceptors (Lipinski definition) is 4. The van der Waals surface area contributed by atoms with Crippen molar-refractivity contribution in [3.05, 3.63) is 132 Å². The molecular weight excluding hydrogens is 748 g/mol. The number of fused-ring (bicyclic) bond motifs is 10. The van der Waals surface area contributed by atoms with Gasteiger partial charge in [-0.2, -0.15) is 9.79 Å².